The molecule has 1 aliphatic carbocycles. The highest BCUT2D eigenvalue weighted by Gasteiger charge is 2.31. The molecule has 1 aliphatic rings. The van der Waals surface area contributed by atoms with E-state index >= 15 is 0 Å². The second-order valence-corrected chi connectivity index (χ2v) is 5.42. The van der Waals surface area contributed by atoms with Crippen molar-refractivity contribution in [3.05, 3.63) is 24.3 Å². The van der Waals surface area contributed by atoms with E-state index in [1.165, 1.54) is 7.11 Å². The number of ether oxygens (including phenoxy) is 2. The first-order chi connectivity index (χ1) is 10.6. The fourth-order valence-corrected chi connectivity index (χ4v) is 2.76. The topological polar surface area (TPSA) is 90.6 Å². The summed E-state index contributed by atoms with van der Waals surface area (Å²) in [6, 6.07) is 6.96. The van der Waals surface area contributed by atoms with E-state index in [1.54, 1.807) is 24.3 Å². The molecule has 0 heterocycles. The monoisotopic (exact) mass is 306 g/mol. The van der Waals surface area contributed by atoms with Crippen LogP contribution in [-0.2, 0) is 14.3 Å². The molecule has 0 aliphatic heterocycles. The highest BCUT2D eigenvalue weighted by atomic mass is 16.6. The molecule has 0 saturated heterocycles. The summed E-state index contributed by atoms with van der Waals surface area (Å²) in [5, 5.41) is 2.90. The number of nitrogens with two attached hydrogens (primary N) is 1. The van der Waals surface area contributed by atoms with Crippen LogP contribution in [-0.4, -0.2) is 32.1 Å². The third kappa shape index (κ3) is 4.21. The normalized spacial score (nSPS) is 20.5. The molecule has 1 aromatic carbocycles. The molecule has 0 unspecified atom stereocenters. The maximum atomic E-state index is 12.3. The molecule has 1 saturated carbocycles. The summed E-state index contributed by atoms with van der Waals surface area (Å²) in [4.78, 5) is 23.4. The summed E-state index contributed by atoms with van der Waals surface area (Å²) < 4.78 is 9.82. The van der Waals surface area contributed by atoms with Crippen LogP contribution in [0, 0.1) is 11.8 Å². The lowest BCUT2D eigenvalue weighted by Gasteiger charge is -2.17. The molecule has 6 nitrogen and oxygen atoms in total. The van der Waals surface area contributed by atoms with Gasteiger partial charge >= 0.3 is 5.97 Å². The predicted molar refractivity (Wildman–Crippen MR) is 82.5 cm³/mol. The molecule has 0 spiro atoms. The summed E-state index contributed by atoms with van der Waals surface area (Å²) in [6.45, 7) is 0.381. The number of carbonyl (C=O) groups is 2. The average molecular weight is 306 g/mol. The number of benzene rings is 1. The van der Waals surface area contributed by atoms with Crippen molar-refractivity contribution in [3.63, 3.8) is 0 Å². The van der Waals surface area contributed by atoms with E-state index in [9.17, 15) is 9.59 Å². The quantitative estimate of drug-likeness (QED) is 0.778. The van der Waals surface area contributed by atoms with Crippen molar-refractivity contribution in [2.24, 2.45) is 17.6 Å². The van der Waals surface area contributed by atoms with E-state index in [2.05, 4.69) is 10.1 Å². The molecule has 1 amide bonds. The van der Waals surface area contributed by atoms with Gasteiger partial charge in [0.05, 0.1) is 7.11 Å². The lowest BCUT2D eigenvalue weighted by molar-refractivity contribution is -0.142. The van der Waals surface area contributed by atoms with Crippen LogP contribution >= 0.6 is 0 Å². The van der Waals surface area contributed by atoms with Crippen LogP contribution in [0.4, 0.5) is 5.69 Å². The first kappa shape index (κ1) is 16.3. The zero-order valence-corrected chi connectivity index (χ0v) is 12.7. The fraction of sp³-hybridized carbons (Fsp3) is 0.500. The molecule has 6 heteroatoms. The Morgan fingerprint density at radius 2 is 2.18 bits per heavy atom. The molecule has 1 aromatic rings. The standard InChI is InChI=1S/C16H22N2O4/c1-21-15(19)10-22-13-6-3-5-12(8-13)18-16(20)14-7-2-4-11(14)9-17/h3,5-6,8,11,14H,2,4,7,9-10,17H2,1H3,(H,18,20)/t11-,14-/m1/s1. The van der Waals surface area contributed by atoms with Gasteiger partial charge in [0.1, 0.15) is 5.75 Å². The van der Waals surface area contributed by atoms with Crippen LogP contribution in [0.15, 0.2) is 24.3 Å². The van der Waals surface area contributed by atoms with E-state index < -0.39 is 5.97 Å². The summed E-state index contributed by atoms with van der Waals surface area (Å²) in [6.07, 6.45) is 2.94. The Hall–Kier alpha value is -2.08. The van der Waals surface area contributed by atoms with Gasteiger partial charge < -0.3 is 20.5 Å². The van der Waals surface area contributed by atoms with Crippen LogP contribution < -0.4 is 15.8 Å². The van der Waals surface area contributed by atoms with E-state index in [0.717, 1.165) is 19.3 Å². The average Bonchev–Trinajstić information content (AvgIpc) is 3.01. The molecule has 22 heavy (non-hydrogen) atoms. The Labute approximate surface area is 130 Å². The van der Waals surface area contributed by atoms with Crippen molar-refractivity contribution < 1.29 is 19.1 Å². The van der Waals surface area contributed by atoms with Crippen LogP contribution in [0.3, 0.4) is 0 Å². The number of rotatable bonds is 6. The fourth-order valence-electron chi connectivity index (χ4n) is 2.76. The van der Waals surface area contributed by atoms with Crippen LogP contribution in [0.1, 0.15) is 19.3 Å². The number of amides is 1. The Bertz CT molecular complexity index is 533. The molecular weight excluding hydrogens is 284 g/mol. The maximum Gasteiger partial charge on any atom is 0.343 e. The second-order valence-electron chi connectivity index (χ2n) is 5.42. The van der Waals surface area contributed by atoms with Crippen molar-refractivity contribution in [2.75, 3.05) is 25.6 Å². The summed E-state index contributed by atoms with van der Waals surface area (Å²) >= 11 is 0. The molecule has 0 aromatic heterocycles. The van der Waals surface area contributed by atoms with E-state index in [-0.39, 0.29) is 24.3 Å². The van der Waals surface area contributed by atoms with Crippen molar-refractivity contribution in [1.29, 1.82) is 0 Å². The lowest BCUT2D eigenvalue weighted by Crippen LogP contribution is -2.29. The zero-order valence-electron chi connectivity index (χ0n) is 12.7. The Kier molecular flexibility index (Phi) is 5.77. The molecule has 120 valence electrons. The van der Waals surface area contributed by atoms with Gasteiger partial charge in [0.25, 0.3) is 0 Å². The number of esters is 1. The van der Waals surface area contributed by atoms with Gasteiger partial charge in [0, 0.05) is 17.7 Å². The minimum atomic E-state index is -0.453. The van der Waals surface area contributed by atoms with Gasteiger partial charge in [0.15, 0.2) is 6.61 Å². The van der Waals surface area contributed by atoms with Crippen molar-refractivity contribution >= 4 is 17.6 Å². The van der Waals surface area contributed by atoms with Crippen LogP contribution in [0.25, 0.3) is 0 Å². The molecule has 0 bridgehead atoms. The van der Waals surface area contributed by atoms with Gasteiger partial charge in [-0.05, 0) is 37.4 Å². The minimum absolute atomic E-state index is 0.00179. The Morgan fingerprint density at radius 3 is 2.91 bits per heavy atom. The SMILES string of the molecule is COC(=O)COc1cccc(NC(=O)[C@@H]2CCC[C@@H]2CN)c1. The number of hydrogen-bond donors (Lipinski definition) is 2. The number of nitrogens with one attached hydrogen (secondary N) is 1. The van der Waals surface area contributed by atoms with Gasteiger partial charge in [-0.25, -0.2) is 4.79 Å². The van der Waals surface area contributed by atoms with Gasteiger partial charge in [-0.1, -0.05) is 12.5 Å². The van der Waals surface area contributed by atoms with Crippen molar-refractivity contribution in [1.82, 2.24) is 0 Å². The molecule has 0 radical (unpaired) electrons. The summed E-state index contributed by atoms with van der Waals surface area (Å²) in [7, 11) is 1.30. The maximum absolute atomic E-state index is 12.3. The third-order valence-corrected chi connectivity index (χ3v) is 3.98. The Balaban J connectivity index is 1.95. The minimum Gasteiger partial charge on any atom is -0.482 e. The Morgan fingerprint density at radius 1 is 1.36 bits per heavy atom. The first-order valence-electron chi connectivity index (χ1n) is 7.44. The summed E-state index contributed by atoms with van der Waals surface area (Å²) in [5.74, 6) is 0.289. The molecule has 2 rings (SSSR count). The van der Waals surface area contributed by atoms with Crippen LogP contribution in [0.2, 0.25) is 0 Å². The smallest absolute Gasteiger partial charge is 0.343 e. The highest BCUT2D eigenvalue weighted by molar-refractivity contribution is 5.93. The van der Waals surface area contributed by atoms with Gasteiger partial charge in [0.2, 0.25) is 5.91 Å². The van der Waals surface area contributed by atoms with Crippen molar-refractivity contribution in [2.45, 2.75) is 19.3 Å². The van der Waals surface area contributed by atoms with E-state index in [4.69, 9.17) is 10.5 Å². The lowest BCUT2D eigenvalue weighted by atomic mass is 9.95. The predicted octanol–water partition coefficient (Wildman–Crippen LogP) is 1.55. The number of hydrogen-bond acceptors (Lipinski definition) is 5. The number of anilines is 1. The molecule has 2 atom stereocenters. The molecular formula is C16H22N2O4. The molecule has 3 N–H and O–H groups in total. The van der Waals surface area contributed by atoms with Gasteiger partial charge in [-0.3, -0.25) is 4.79 Å². The van der Waals surface area contributed by atoms with E-state index in [1.807, 2.05) is 0 Å². The third-order valence-electron chi connectivity index (χ3n) is 3.98. The highest BCUT2D eigenvalue weighted by Crippen LogP contribution is 2.32. The zero-order chi connectivity index (χ0) is 15.9. The molecule has 1 fully saturated rings. The van der Waals surface area contributed by atoms with Crippen LogP contribution in [0.5, 0.6) is 5.75 Å². The number of methoxy groups -OCH3 is 1. The van der Waals surface area contributed by atoms with Gasteiger partial charge in [-0.15, -0.1) is 0 Å². The largest absolute Gasteiger partial charge is 0.482 e. The van der Waals surface area contributed by atoms with Gasteiger partial charge in [-0.2, -0.15) is 0 Å². The first-order valence-corrected chi connectivity index (χ1v) is 7.44. The van der Waals surface area contributed by atoms with E-state index in [0.29, 0.717) is 18.0 Å². The summed E-state index contributed by atoms with van der Waals surface area (Å²) in [5.41, 5.74) is 6.36. The van der Waals surface area contributed by atoms with Crippen molar-refractivity contribution in [3.8, 4) is 5.75 Å². The number of carbonyl (C=O) groups excluding carboxylic acids is 2. The second kappa shape index (κ2) is 7.79.